The van der Waals surface area contributed by atoms with Gasteiger partial charge in [0.1, 0.15) is 5.60 Å². The van der Waals surface area contributed by atoms with Gasteiger partial charge in [-0.1, -0.05) is 18.2 Å². The van der Waals surface area contributed by atoms with Gasteiger partial charge in [-0.15, -0.1) is 0 Å². The van der Waals surface area contributed by atoms with Crippen LogP contribution in [0.1, 0.15) is 40.0 Å². The second-order valence-electron chi connectivity index (χ2n) is 6.96. The van der Waals surface area contributed by atoms with Crippen LogP contribution in [0.15, 0.2) is 35.2 Å². The molecular weight excluding hydrogens is 356 g/mol. The number of hydrogen-bond acceptors (Lipinski definition) is 5. The highest BCUT2D eigenvalue weighted by atomic mass is 32.2. The normalized spacial score (nSPS) is 12.0. The molecule has 1 aromatic carbocycles. The summed E-state index contributed by atoms with van der Waals surface area (Å²) < 4.78 is 32.1. The summed E-state index contributed by atoms with van der Waals surface area (Å²) in [6.45, 7) is 6.53. The van der Waals surface area contributed by atoms with E-state index in [0.717, 1.165) is 0 Å². The summed E-state index contributed by atoms with van der Waals surface area (Å²) in [5.41, 5.74) is -0.583. The number of aliphatic hydroxyl groups is 1. The summed E-state index contributed by atoms with van der Waals surface area (Å²) in [6, 6.07) is 8.20. The Hall–Kier alpha value is -1.64. The van der Waals surface area contributed by atoms with Gasteiger partial charge >= 0.3 is 6.09 Å². The maximum Gasteiger partial charge on any atom is 0.410 e. The van der Waals surface area contributed by atoms with Gasteiger partial charge in [0.05, 0.1) is 4.90 Å². The molecule has 148 valence electrons. The van der Waals surface area contributed by atoms with Crippen molar-refractivity contribution in [2.24, 2.45) is 0 Å². The molecule has 8 heteroatoms. The minimum absolute atomic E-state index is 0.00380. The van der Waals surface area contributed by atoms with Crippen LogP contribution in [0.2, 0.25) is 0 Å². The zero-order chi connectivity index (χ0) is 19.6. The van der Waals surface area contributed by atoms with Gasteiger partial charge in [0.25, 0.3) is 0 Å². The number of unbranched alkanes of at least 4 members (excludes halogenated alkanes) is 1. The molecule has 1 aromatic rings. The zero-order valence-corrected chi connectivity index (χ0v) is 16.6. The van der Waals surface area contributed by atoms with Gasteiger partial charge < -0.3 is 14.7 Å². The highest BCUT2D eigenvalue weighted by Gasteiger charge is 2.21. The molecule has 0 saturated heterocycles. The van der Waals surface area contributed by atoms with Crippen molar-refractivity contribution < 1.29 is 23.1 Å². The van der Waals surface area contributed by atoms with E-state index in [1.54, 1.807) is 56.0 Å². The van der Waals surface area contributed by atoms with E-state index in [1.807, 2.05) is 0 Å². The molecule has 0 atom stereocenters. The summed E-state index contributed by atoms with van der Waals surface area (Å²) in [4.78, 5) is 14.0. The van der Waals surface area contributed by atoms with Gasteiger partial charge in [-0.05, 0) is 52.2 Å². The van der Waals surface area contributed by atoms with Gasteiger partial charge in [-0.25, -0.2) is 17.9 Å². The number of rotatable bonds is 10. The molecule has 0 aliphatic heterocycles. The van der Waals surface area contributed by atoms with Crippen molar-refractivity contribution in [3.63, 3.8) is 0 Å². The first-order valence-electron chi connectivity index (χ1n) is 8.79. The fourth-order valence-corrected chi connectivity index (χ4v) is 3.29. The van der Waals surface area contributed by atoms with Gasteiger partial charge in [-0.3, -0.25) is 0 Å². The predicted octanol–water partition coefficient (Wildman–Crippen LogP) is 2.36. The Kier molecular flexibility index (Phi) is 9.04. The Bertz CT molecular complexity index is 641. The van der Waals surface area contributed by atoms with E-state index >= 15 is 0 Å². The molecule has 0 saturated carbocycles. The highest BCUT2D eigenvalue weighted by Crippen LogP contribution is 2.11. The van der Waals surface area contributed by atoms with Crippen molar-refractivity contribution in [1.29, 1.82) is 0 Å². The van der Waals surface area contributed by atoms with Crippen LogP contribution in [0.3, 0.4) is 0 Å². The Morgan fingerprint density at radius 2 is 1.73 bits per heavy atom. The number of carbonyl (C=O) groups excluding carboxylic acids is 1. The minimum Gasteiger partial charge on any atom is -0.444 e. The van der Waals surface area contributed by atoms with Crippen LogP contribution >= 0.6 is 0 Å². The van der Waals surface area contributed by atoms with Gasteiger partial charge in [0.2, 0.25) is 10.0 Å². The van der Waals surface area contributed by atoms with Crippen LogP contribution in [0, 0.1) is 0 Å². The number of ether oxygens (including phenoxy) is 1. The monoisotopic (exact) mass is 386 g/mol. The van der Waals surface area contributed by atoms with Crippen molar-refractivity contribution in [2.75, 3.05) is 26.2 Å². The molecule has 0 spiro atoms. The Morgan fingerprint density at radius 3 is 2.31 bits per heavy atom. The van der Waals surface area contributed by atoms with E-state index in [2.05, 4.69) is 4.72 Å². The summed E-state index contributed by atoms with van der Waals surface area (Å²) in [7, 11) is -3.50. The van der Waals surface area contributed by atoms with Crippen LogP contribution in [0.4, 0.5) is 4.79 Å². The number of hydrogen-bond donors (Lipinski definition) is 2. The highest BCUT2D eigenvalue weighted by molar-refractivity contribution is 7.89. The molecule has 0 heterocycles. The van der Waals surface area contributed by atoms with Crippen LogP contribution in [0.5, 0.6) is 0 Å². The number of carbonyl (C=O) groups is 1. The van der Waals surface area contributed by atoms with Crippen LogP contribution in [-0.4, -0.2) is 56.4 Å². The lowest BCUT2D eigenvalue weighted by Gasteiger charge is -2.27. The summed E-state index contributed by atoms with van der Waals surface area (Å²) >= 11 is 0. The predicted molar refractivity (Wildman–Crippen MR) is 100 cm³/mol. The van der Waals surface area contributed by atoms with Gasteiger partial charge in [0.15, 0.2) is 0 Å². The molecule has 0 aromatic heterocycles. The first-order valence-corrected chi connectivity index (χ1v) is 10.3. The lowest BCUT2D eigenvalue weighted by Crippen LogP contribution is -2.38. The van der Waals surface area contributed by atoms with Crippen molar-refractivity contribution in [2.45, 2.75) is 50.5 Å². The maximum absolute atomic E-state index is 12.2. The molecule has 0 fully saturated rings. The molecular formula is C18H30N2O5S. The lowest BCUT2D eigenvalue weighted by atomic mass is 10.2. The molecule has 7 nitrogen and oxygen atoms in total. The molecule has 0 aliphatic rings. The molecule has 0 radical (unpaired) electrons. The second-order valence-corrected chi connectivity index (χ2v) is 8.73. The van der Waals surface area contributed by atoms with Gasteiger partial charge in [-0.2, -0.15) is 0 Å². The standard InChI is InChI=1S/C18H30N2O5S/c1-18(2,3)25-17(22)20(14-9-15-21)13-8-7-12-19-26(23,24)16-10-5-4-6-11-16/h4-6,10-11,19,21H,7-9,12-15H2,1-3H3. The van der Waals surface area contributed by atoms with Crippen molar-refractivity contribution in [3.8, 4) is 0 Å². The largest absolute Gasteiger partial charge is 0.444 e. The number of amides is 1. The number of nitrogens with one attached hydrogen (secondary N) is 1. The lowest BCUT2D eigenvalue weighted by molar-refractivity contribution is 0.0237. The number of aliphatic hydroxyl groups excluding tert-OH is 1. The quantitative estimate of drug-likeness (QED) is 0.602. The van der Waals surface area contributed by atoms with Crippen molar-refractivity contribution in [1.82, 2.24) is 9.62 Å². The number of sulfonamides is 1. The number of nitrogens with zero attached hydrogens (tertiary/aromatic N) is 1. The topological polar surface area (TPSA) is 95.9 Å². The van der Waals surface area contributed by atoms with Crippen LogP contribution in [-0.2, 0) is 14.8 Å². The molecule has 0 unspecified atom stereocenters. The first-order chi connectivity index (χ1) is 12.2. The average molecular weight is 387 g/mol. The zero-order valence-electron chi connectivity index (χ0n) is 15.8. The number of benzene rings is 1. The summed E-state index contributed by atoms with van der Waals surface area (Å²) in [5, 5.41) is 8.98. The molecule has 2 N–H and O–H groups in total. The van der Waals surface area contributed by atoms with E-state index in [0.29, 0.717) is 38.9 Å². The van der Waals surface area contributed by atoms with E-state index in [-0.39, 0.29) is 11.5 Å². The minimum atomic E-state index is -3.50. The fourth-order valence-electron chi connectivity index (χ4n) is 2.20. The Morgan fingerprint density at radius 1 is 1.12 bits per heavy atom. The third kappa shape index (κ3) is 8.64. The smallest absolute Gasteiger partial charge is 0.410 e. The third-order valence-electron chi connectivity index (χ3n) is 3.44. The summed E-state index contributed by atoms with van der Waals surface area (Å²) in [6.07, 6.45) is 1.27. The second kappa shape index (κ2) is 10.5. The maximum atomic E-state index is 12.2. The van der Waals surface area contributed by atoms with E-state index in [4.69, 9.17) is 9.84 Å². The molecule has 0 aliphatic carbocycles. The van der Waals surface area contributed by atoms with E-state index in [1.165, 1.54) is 0 Å². The van der Waals surface area contributed by atoms with E-state index < -0.39 is 21.7 Å². The first kappa shape index (κ1) is 22.4. The summed E-state index contributed by atoms with van der Waals surface area (Å²) in [5.74, 6) is 0. The van der Waals surface area contributed by atoms with Crippen LogP contribution in [0.25, 0.3) is 0 Å². The Labute approximate surface area is 156 Å². The SMILES string of the molecule is CC(C)(C)OC(=O)N(CCCO)CCCCNS(=O)(=O)c1ccccc1. The molecule has 1 amide bonds. The average Bonchev–Trinajstić information content (AvgIpc) is 2.56. The fraction of sp³-hybridized carbons (Fsp3) is 0.611. The third-order valence-corrected chi connectivity index (χ3v) is 4.92. The Balaban J connectivity index is 2.43. The van der Waals surface area contributed by atoms with E-state index in [9.17, 15) is 13.2 Å². The van der Waals surface area contributed by atoms with Gasteiger partial charge in [0, 0.05) is 26.2 Å². The van der Waals surface area contributed by atoms with Crippen molar-refractivity contribution >= 4 is 16.1 Å². The molecule has 26 heavy (non-hydrogen) atoms. The van der Waals surface area contributed by atoms with Crippen molar-refractivity contribution in [3.05, 3.63) is 30.3 Å². The molecule has 1 rings (SSSR count). The molecule has 0 bridgehead atoms. The van der Waals surface area contributed by atoms with Crippen LogP contribution < -0.4 is 4.72 Å².